The molecule has 0 aliphatic carbocycles. The predicted octanol–water partition coefficient (Wildman–Crippen LogP) is 3.36. The molecular formula is C14H10F4O2. The van der Waals surface area contributed by atoms with Crippen LogP contribution in [0.25, 0.3) is 0 Å². The summed E-state index contributed by atoms with van der Waals surface area (Å²) in [6.07, 6.45) is -1.51. The first-order chi connectivity index (χ1) is 9.49. The van der Waals surface area contributed by atoms with Crippen LogP contribution in [0, 0.1) is 23.3 Å². The van der Waals surface area contributed by atoms with Crippen molar-refractivity contribution in [3.63, 3.8) is 0 Å². The Morgan fingerprint density at radius 2 is 1.75 bits per heavy atom. The maximum Gasteiger partial charge on any atom is 0.200 e. The van der Waals surface area contributed by atoms with Crippen LogP contribution < -0.4 is 4.74 Å². The van der Waals surface area contributed by atoms with Crippen molar-refractivity contribution in [3.8, 4) is 5.75 Å². The fourth-order valence-corrected chi connectivity index (χ4v) is 1.62. The second kappa shape index (κ2) is 5.92. The van der Waals surface area contributed by atoms with Gasteiger partial charge in [0.25, 0.3) is 0 Å². The van der Waals surface area contributed by atoms with Gasteiger partial charge in [-0.3, -0.25) is 0 Å². The molecule has 0 fully saturated rings. The lowest BCUT2D eigenvalue weighted by atomic mass is 10.1. The molecule has 0 spiro atoms. The van der Waals surface area contributed by atoms with E-state index >= 15 is 0 Å². The number of hydrogen-bond donors (Lipinski definition) is 1. The standard InChI is InChI=1S/C14H10F4O2/c15-8-4-5-10(16)9(6-8)12(19)7-20-13-3-1-2-11(17)14(13)18/h1-6,12,19H,7H2. The Kier molecular flexibility index (Phi) is 4.24. The third kappa shape index (κ3) is 3.08. The molecule has 0 heterocycles. The van der Waals surface area contributed by atoms with Gasteiger partial charge in [0.2, 0.25) is 5.82 Å². The minimum absolute atomic E-state index is 0.318. The highest BCUT2D eigenvalue weighted by Gasteiger charge is 2.16. The summed E-state index contributed by atoms with van der Waals surface area (Å²) in [5.74, 6) is -4.27. The highest BCUT2D eigenvalue weighted by molar-refractivity contribution is 5.26. The molecule has 2 aromatic rings. The summed E-state index contributed by atoms with van der Waals surface area (Å²) in [5.41, 5.74) is -0.318. The van der Waals surface area contributed by atoms with Crippen LogP contribution in [-0.2, 0) is 0 Å². The van der Waals surface area contributed by atoms with Crippen molar-refractivity contribution >= 4 is 0 Å². The molecule has 0 radical (unpaired) electrons. The van der Waals surface area contributed by atoms with Crippen LogP contribution in [0.3, 0.4) is 0 Å². The van der Waals surface area contributed by atoms with Gasteiger partial charge in [-0.25, -0.2) is 13.2 Å². The summed E-state index contributed by atoms with van der Waals surface area (Å²) >= 11 is 0. The maximum atomic E-state index is 13.4. The van der Waals surface area contributed by atoms with Crippen LogP contribution in [0.15, 0.2) is 36.4 Å². The molecular weight excluding hydrogens is 276 g/mol. The second-order valence-electron chi connectivity index (χ2n) is 4.04. The molecule has 1 unspecified atom stereocenters. The number of aliphatic hydroxyl groups is 1. The zero-order valence-electron chi connectivity index (χ0n) is 10.1. The second-order valence-corrected chi connectivity index (χ2v) is 4.04. The van der Waals surface area contributed by atoms with Crippen LogP contribution in [0.2, 0.25) is 0 Å². The first kappa shape index (κ1) is 14.3. The lowest BCUT2D eigenvalue weighted by Gasteiger charge is -2.14. The molecule has 20 heavy (non-hydrogen) atoms. The molecule has 106 valence electrons. The number of benzene rings is 2. The number of aliphatic hydroxyl groups excluding tert-OH is 1. The summed E-state index contributed by atoms with van der Waals surface area (Å²) in [6.45, 7) is -0.541. The Bertz CT molecular complexity index is 616. The number of rotatable bonds is 4. The smallest absolute Gasteiger partial charge is 0.200 e. The molecule has 0 aliphatic rings. The molecule has 2 rings (SSSR count). The third-order valence-corrected chi connectivity index (χ3v) is 2.63. The van der Waals surface area contributed by atoms with E-state index in [1.807, 2.05) is 0 Å². The van der Waals surface area contributed by atoms with Crippen LogP contribution in [-0.4, -0.2) is 11.7 Å². The molecule has 0 aliphatic heterocycles. The van der Waals surface area contributed by atoms with Crippen molar-refractivity contribution in [1.29, 1.82) is 0 Å². The predicted molar refractivity (Wildman–Crippen MR) is 63.2 cm³/mol. The first-order valence-corrected chi connectivity index (χ1v) is 5.69. The van der Waals surface area contributed by atoms with Gasteiger partial charge in [-0.05, 0) is 30.3 Å². The largest absolute Gasteiger partial charge is 0.487 e. The number of hydrogen-bond acceptors (Lipinski definition) is 2. The minimum Gasteiger partial charge on any atom is -0.487 e. The Balaban J connectivity index is 2.10. The average molecular weight is 286 g/mol. The topological polar surface area (TPSA) is 29.5 Å². The van der Waals surface area contributed by atoms with Crippen molar-refractivity contribution in [2.45, 2.75) is 6.10 Å². The molecule has 6 heteroatoms. The summed E-state index contributed by atoms with van der Waals surface area (Å²) < 4.78 is 57.4. The third-order valence-electron chi connectivity index (χ3n) is 2.63. The monoisotopic (exact) mass is 286 g/mol. The average Bonchev–Trinajstić information content (AvgIpc) is 2.43. The lowest BCUT2D eigenvalue weighted by Crippen LogP contribution is -2.12. The van der Waals surface area contributed by atoms with E-state index < -0.39 is 41.7 Å². The Labute approximate surface area is 112 Å². The molecule has 0 aromatic heterocycles. The van der Waals surface area contributed by atoms with E-state index in [1.54, 1.807) is 0 Å². The number of halogens is 4. The summed E-state index contributed by atoms with van der Waals surface area (Å²) in [5, 5.41) is 9.70. The van der Waals surface area contributed by atoms with E-state index in [4.69, 9.17) is 4.74 Å². The van der Waals surface area contributed by atoms with Crippen LogP contribution in [0.1, 0.15) is 11.7 Å². The lowest BCUT2D eigenvalue weighted by molar-refractivity contribution is 0.102. The Morgan fingerprint density at radius 1 is 1.00 bits per heavy atom. The van der Waals surface area contributed by atoms with Crippen molar-refractivity contribution in [2.75, 3.05) is 6.61 Å². The molecule has 2 aromatic carbocycles. The van der Waals surface area contributed by atoms with Crippen LogP contribution in [0.5, 0.6) is 5.75 Å². The van der Waals surface area contributed by atoms with Gasteiger partial charge in [0.1, 0.15) is 24.3 Å². The van der Waals surface area contributed by atoms with Gasteiger partial charge in [0.05, 0.1) is 0 Å². The zero-order valence-corrected chi connectivity index (χ0v) is 10.1. The van der Waals surface area contributed by atoms with E-state index in [9.17, 15) is 22.7 Å². The normalized spacial score (nSPS) is 12.2. The van der Waals surface area contributed by atoms with E-state index in [0.717, 1.165) is 30.3 Å². The van der Waals surface area contributed by atoms with Crippen LogP contribution >= 0.6 is 0 Å². The highest BCUT2D eigenvalue weighted by atomic mass is 19.2. The number of ether oxygens (including phenoxy) is 1. The van der Waals surface area contributed by atoms with Gasteiger partial charge in [-0.15, -0.1) is 0 Å². The van der Waals surface area contributed by atoms with Gasteiger partial charge < -0.3 is 9.84 Å². The SMILES string of the molecule is OC(COc1cccc(F)c1F)c1cc(F)ccc1F. The van der Waals surface area contributed by atoms with Gasteiger partial charge in [-0.2, -0.15) is 4.39 Å². The Hall–Kier alpha value is -2.08. The molecule has 2 nitrogen and oxygen atoms in total. The van der Waals surface area contributed by atoms with Gasteiger partial charge in [-0.1, -0.05) is 6.07 Å². The van der Waals surface area contributed by atoms with E-state index in [2.05, 4.69) is 0 Å². The fraction of sp³-hybridized carbons (Fsp3) is 0.143. The maximum absolute atomic E-state index is 13.4. The van der Waals surface area contributed by atoms with E-state index in [1.165, 1.54) is 6.07 Å². The van der Waals surface area contributed by atoms with Crippen molar-refractivity contribution in [1.82, 2.24) is 0 Å². The fourth-order valence-electron chi connectivity index (χ4n) is 1.62. The van der Waals surface area contributed by atoms with Crippen LogP contribution in [0.4, 0.5) is 17.6 Å². The molecule has 0 saturated heterocycles. The summed E-state index contributed by atoms with van der Waals surface area (Å²) in [6, 6.07) is 5.86. The first-order valence-electron chi connectivity index (χ1n) is 5.69. The molecule has 1 N–H and O–H groups in total. The van der Waals surface area contributed by atoms with Gasteiger partial charge >= 0.3 is 0 Å². The minimum atomic E-state index is -1.51. The van der Waals surface area contributed by atoms with E-state index in [0.29, 0.717) is 0 Å². The Morgan fingerprint density at radius 3 is 2.50 bits per heavy atom. The quantitative estimate of drug-likeness (QED) is 0.873. The van der Waals surface area contributed by atoms with Gasteiger partial charge in [0.15, 0.2) is 11.6 Å². The molecule has 0 saturated carbocycles. The van der Waals surface area contributed by atoms with Crippen molar-refractivity contribution in [2.24, 2.45) is 0 Å². The summed E-state index contributed by atoms with van der Waals surface area (Å²) in [4.78, 5) is 0. The molecule has 0 bridgehead atoms. The van der Waals surface area contributed by atoms with Crippen molar-refractivity contribution in [3.05, 3.63) is 65.2 Å². The molecule has 1 atom stereocenters. The highest BCUT2D eigenvalue weighted by Crippen LogP contribution is 2.23. The summed E-state index contributed by atoms with van der Waals surface area (Å²) in [7, 11) is 0. The van der Waals surface area contributed by atoms with Crippen molar-refractivity contribution < 1.29 is 27.4 Å². The van der Waals surface area contributed by atoms with Gasteiger partial charge in [0, 0.05) is 5.56 Å². The zero-order chi connectivity index (χ0) is 14.7. The van der Waals surface area contributed by atoms with E-state index in [-0.39, 0.29) is 5.56 Å². The molecule has 0 amide bonds.